The van der Waals surface area contributed by atoms with Crippen LogP contribution >= 0.6 is 0 Å². The molecule has 0 fully saturated rings. The Hall–Kier alpha value is -0.790. The van der Waals surface area contributed by atoms with Gasteiger partial charge in [0.1, 0.15) is 0 Å². The van der Waals surface area contributed by atoms with E-state index in [4.69, 9.17) is 5.11 Å². The van der Waals surface area contributed by atoms with E-state index in [-0.39, 0.29) is 11.8 Å². The van der Waals surface area contributed by atoms with Gasteiger partial charge in [0.25, 0.3) is 0 Å². The van der Waals surface area contributed by atoms with E-state index in [0.29, 0.717) is 0 Å². The fourth-order valence-corrected chi connectivity index (χ4v) is 1.08. The van der Waals surface area contributed by atoms with Gasteiger partial charge in [0.15, 0.2) is 0 Å². The normalized spacial score (nSPS) is 15.2. The quantitative estimate of drug-likeness (QED) is 0.491. The minimum absolute atomic E-state index is 0.227. The first kappa shape index (κ1) is 11.2. The molecule has 0 saturated heterocycles. The van der Waals surface area contributed by atoms with E-state index in [1.165, 1.54) is 0 Å². The number of carboxylic acid groups (broad SMARTS) is 1. The van der Waals surface area contributed by atoms with Gasteiger partial charge in [-0.25, -0.2) is 0 Å². The van der Waals surface area contributed by atoms with E-state index in [0.717, 1.165) is 19.3 Å². The zero-order valence-corrected chi connectivity index (χ0v) is 7.92. The summed E-state index contributed by atoms with van der Waals surface area (Å²) in [6, 6.07) is 0. The molecule has 0 amide bonds. The van der Waals surface area contributed by atoms with Crippen LogP contribution in [0.15, 0.2) is 12.7 Å². The Balaban J connectivity index is 3.63. The number of aliphatic carboxylic acids is 1. The highest BCUT2D eigenvalue weighted by Crippen LogP contribution is 2.17. The number of allylic oxidation sites excluding steroid dienone is 1. The maximum atomic E-state index is 10.6. The summed E-state index contributed by atoms with van der Waals surface area (Å²) in [7, 11) is 0. The van der Waals surface area contributed by atoms with E-state index in [1.807, 2.05) is 13.0 Å². The topological polar surface area (TPSA) is 37.3 Å². The van der Waals surface area contributed by atoms with Crippen molar-refractivity contribution in [1.29, 1.82) is 0 Å². The SMILES string of the molecule is C=CCCCC(C)C(C)C(=O)O. The first-order valence-electron chi connectivity index (χ1n) is 4.43. The number of hydrogen-bond acceptors (Lipinski definition) is 1. The zero-order valence-electron chi connectivity index (χ0n) is 7.92. The molecule has 0 aromatic carbocycles. The number of rotatable bonds is 6. The molecule has 12 heavy (non-hydrogen) atoms. The fourth-order valence-electron chi connectivity index (χ4n) is 1.08. The van der Waals surface area contributed by atoms with Crippen molar-refractivity contribution < 1.29 is 9.90 Å². The maximum absolute atomic E-state index is 10.6. The highest BCUT2D eigenvalue weighted by Gasteiger charge is 2.18. The monoisotopic (exact) mass is 170 g/mol. The van der Waals surface area contributed by atoms with Gasteiger partial charge in [-0.15, -0.1) is 6.58 Å². The second kappa shape index (κ2) is 5.81. The van der Waals surface area contributed by atoms with Gasteiger partial charge >= 0.3 is 5.97 Å². The van der Waals surface area contributed by atoms with Crippen molar-refractivity contribution in [2.45, 2.75) is 33.1 Å². The van der Waals surface area contributed by atoms with Crippen LogP contribution in [0.1, 0.15) is 33.1 Å². The smallest absolute Gasteiger partial charge is 0.306 e. The standard InChI is InChI=1S/C10H18O2/c1-4-5-6-7-8(2)9(3)10(11)12/h4,8-9H,1,5-7H2,2-3H3,(H,11,12). The Kier molecular flexibility index (Phi) is 5.43. The molecule has 2 nitrogen and oxygen atoms in total. The first-order valence-corrected chi connectivity index (χ1v) is 4.43. The molecule has 0 aliphatic carbocycles. The average Bonchev–Trinajstić information content (AvgIpc) is 2.03. The summed E-state index contributed by atoms with van der Waals surface area (Å²) in [5.74, 6) is -0.654. The first-order chi connectivity index (χ1) is 5.59. The third-order valence-electron chi connectivity index (χ3n) is 2.31. The van der Waals surface area contributed by atoms with Gasteiger partial charge in [-0.3, -0.25) is 4.79 Å². The molecule has 0 heterocycles. The fraction of sp³-hybridized carbons (Fsp3) is 0.700. The van der Waals surface area contributed by atoms with Crippen LogP contribution in [0.2, 0.25) is 0 Å². The van der Waals surface area contributed by atoms with Crippen molar-refractivity contribution >= 4 is 5.97 Å². The second-order valence-corrected chi connectivity index (χ2v) is 3.32. The second-order valence-electron chi connectivity index (χ2n) is 3.32. The minimum Gasteiger partial charge on any atom is -0.481 e. The number of unbranched alkanes of at least 4 members (excludes halogenated alkanes) is 1. The Morgan fingerprint density at radius 3 is 2.58 bits per heavy atom. The zero-order chi connectivity index (χ0) is 9.56. The molecule has 0 aromatic rings. The maximum Gasteiger partial charge on any atom is 0.306 e. The predicted molar refractivity (Wildman–Crippen MR) is 50.0 cm³/mol. The number of carboxylic acids is 1. The lowest BCUT2D eigenvalue weighted by Crippen LogP contribution is -2.17. The summed E-state index contributed by atoms with van der Waals surface area (Å²) in [5, 5.41) is 8.69. The lowest BCUT2D eigenvalue weighted by Gasteiger charge is -2.14. The molecular formula is C10H18O2. The molecule has 1 N–H and O–H groups in total. The van der Waals surface area contributed by atoms with Gasteiger partial charge in [0.05, 0.1) is 5.92 Å². The van der Waals surface area contributed by atoms with E-state index in [2.05, 4.69) is 6.58 Å². The van der Waals surface area contributed by atoms with Crippen molar-refractivity contribution in [1.82, 2.24) is 0 Å². The van der Waals surface area contributed by atoms with Crippen molar-refractivity contribution in [2.24, 2.45) is 11.8 Å². The highest BCUT2D eigenvalue weighted by molar-refractivity contribution is 5.69. The van der Waals surface area contributed by atoms with Crippen LogP contribution in [0.25, 0.3) is 0 Å². The molecule has 0 spiro atoms. The van der Waals surface area contributed by atoms with Crippen LogP contribution < -0.4 is 0 Å². The lowest BCUT2D eigenvalue weighted by atomic mass is 9.91. The molecule has 2 heteroatoms. The molecule has 0 aromatic heterocycles. The Morgan fingerprint density at radius 1 is 1.58 bits per heavy atom. The average molecular weight is 170 g/mol. The molecule has 0 radical (unpaired) electrons. The van der Waals surface area contributed by atoms with Gasteiger partial charge in [-0.05, 0) is 25.2 Å². The summed E-state index contributed by atoms with van der Waals surface area (Å²) in [6.07, 6.45) is 4.87. The molecule has 0 saturated carbocycles. The predicted octanol–water partition coefficient (Wildman–Crippen LogP) is 2.70. The molecular weight excluding hydrogens is 152 g/mol. The summed E-state index contributed by atoms with van der Waals surface area (Å²) in [4.78, 5) is 10.6. The number of carbonyl (C=O) groups is 1. The molecule has 0 rings (SSSR count). The molecule has 70 valence electrons. The molecule has 2 atom stereocenters. The van der Waals surface area contributed by atoms with E-state index in [1.54, 1.807) is 6.92 Å². The highest BCUT2D eigenvalue weighted by atomic mass is 16.4. The van der Waals surface area contributed by atoms with E-state index >= 15 is 0 Å². The molecule has 0 aliphatic heterocycles. The van der Waals surface area contributed by atoms with Gasteiger partial charge in [0, 0.05) is 0 Å². The Bertz CT molecular complexity index is 152. The van der Waals surface area contributed by atoms with Gasteiger partial charge in [0.2, 0.25) is 0 Å². The minimum atomic E-state index is -0.693. The van der Waals surface area contributed by atoms with E-state index < -0.39 is 5.97 Å². The van der Waals surface area contributed by atoms with E-state index in [9.17, 15) is 4.79 Å². The van der Waals surface area contributed by atoms with Crippen molar-refractivity contribution in [2.75, 3.05) is 0 Å². The molecule has 2 unspecified atom stereocenters. The van der Waals surface area contributed by atoms with Crippen LogP contribution in [0.4, 0.5) is 0 Å². The van der Waals surface area contributed by atoms with Crippen molar-refractivity contribution in [3.05, 3.63) is 12.7 Å². The van der Waals surface area contributed by atoms with Crippen LogP contribution in [-0.2, 0) is 4.79 Å². The summed E-state index contributed by atoms with van der Waals surface area (Å²) >= 11 is 0. The van der Waals surface area contributed by atoms with Crippen LogP contribution in [0.5, 0.6) is 0 Å². The summed E-state index contributed by atoms with van der Waals surface area (Å²) in [6.45, 7) is 7.37. The van der Waals surface area contributed by atoms with Gasteiger partial charge in [-0.2, -0.15) is 0 Å². The summed E-state index contributed by atoms with van der Waals surface area (Å²) < 4.78 is 0. The van der Waals surface area contributed by atoms with Crippen LogP contribution in [0.3, 0.4) is 0 Å². The Morgan fingerprint density at radius 2 is 2.17 bits per heavy atom. The third-order valence-corrected chi connectivity index (χ3v) is 2.31. The Labute approximate surface area is 74.3 Å². The molecule has 0 bridgehead atoms. The lowest BCUT2D eigenvalue weighted by molar-refractivity contribution is -0.142. The van der Waals surface area contributed by atoms with Crippen LogP contribution in [0, 0.1) is 11.8 Å². The van der Waals surface area contributed by atoms with Gasteiger partial charge < -0.3 is 5.11 Å². The number of hydrogen-bond donors (Lipinski definition) is 1. The largest absolute Gasteiger partial charge is 0.481 e. The summed E-state index contributed by atoms with van der Waals surface area (Å²) in [5.41, 5.74) is 0. The van der Waals surface area contributed by atoms with Crippen molar-refractivity contribution in [3.63, 3.8) is 0 Å². The van der Waals surface area contributed by atoms with Crippen molar-refractivity contribution in [3.8, 4) is 0 Å². The van der Waals surface area contributed by atoms with Gasteiger partial charge in [-0.1, -0.05) is 19.9 Å². The third kappa shape index (κ3) is 4.16. The van der Waals surface area contributed by atoms with Crippen LogP contribution in [-0.4, -0.2) is 11.1 Å². The molecule has 0 aliphatic rings.